The lowest BCUT2D eigenvalue weighted by Gasteiger charge is -2.09. The highest BCUT2D eigenvalue weighted by Crippen LogP contribution is 1.99. The van der Waals surface area contributed by atoms with Gasteiger partial charge in [-0.25, -0.2) is 5.14 Å². The minimum atomic E-state index is -3.51. The van der Waals surface area contributed by atoms with Crippen molar-refractivity contribution in [1.82, 2.24) is 4.72 Å². The Labute approximate surface area is 72.1 Å². The van der Waals surface area contributed by atoms with Crippen molar-refractivity contribution < 1.29 is 8.42 Å². The van der Waals surface area contributed by atoms with Gasteiger partial charge in [-0.15, -0.1) is 0 Å². The third kappa shape index (κ3) is 8.12. The van der Waals surface area contributed by atoms with Gasteiger partial charge in [0.25, 0.3) is 10.2 Å². The fourth-order valence-corrected chi connectivity index (χ4v) is 1.90. The van der Waals surface area contributed by atoms with Crippen LogP contribution in [-0.4, -0.2) is 26.5 Å². The molecule has 0 aliphatic heterocycles. The highest BCUT2D eigenvalue weighted by atomic mass is 32.2. The normalized spacial score (nSPS) is 14.8. The fourth-order valence-electron chi connectivity index (χ4n) is 0.634. The summed E-state index contributed by atoms with van der Waals surface area (Å²) in [6.45, 7) is 1.79. The van der Waals surface area contributed by atoms with Crippen molar-refractivity contribution in [2.75, 3.05) is 12.0 Å². The van der Waals surface area contributed by atoms with Crippen molar-refractivity contribution in [2.45, 2.75) is 19.4 Å². The van der Waals surface area contributed by atoms with Crippen LogP contribution in [-0.2, 0) is 10.2 Å². The number of nitrogens with one attached hydrogen (secondary N) is 1. The minimum absolute atomic E-state index is 0.0718. The SMILES string of the molecule is CSCCC(C)NS(N)(=O)=O. The summed E-state index contributed by atoms with van der Waals surface area (Å²) in [4.78, 5) is 0. The molecule has 6 heteroatoms. The van der Waals surface area contributed by atoms with Crippen LogP contribution in [0.5, 0.6) is 0 Å². The Morgan fingerprint density at radius 3 is 2.55 bits per heavy atom. The van der Waals surface area contributed by atoms with Crippen molar-refractivity contribution >= 4 is 22.0 Å². The van der Waals surface area contributed by atoms with Crippen LogP contribution in [0.25, 0.3) is 0 Å². The topological polar surface area (TPSA) is 72.2 Å². The Hall–Kier alpha value is 0.220. The van der Waals surface area contributed by atoms with Gasteiger partial charge in [0.15, 0.2) is 0 Å². The van der Waals surface area contributed by atoms with Crippen LogP contribution in [0.1, 0.15) is 13.3 Å². The lowest BCUT2D eigenvalue weighted by Crippen LogP contribution is -2.37. The summed E-state index contributed by atoms with van der Waals surface area (Å²) in [5.41, 5.74) is 0. The van der Waals surface area contributed by atoms with Crippen LogP contribution >= 0.6 is 11.8 Å². The van der Waals surface area contributed by atoms with Crippen LogP contribution in [0.2, 0.25) is 0 Å². The Bertz CT molecular complexity index is 191. The summed E-state index contributed by atoms with van der Waals surface area (Å²) >= 11 is 1.68. The molecule has 0 heterocycles. The van der Waals surface area contributed by atoms with Gasteiger partial charge in [0, 0.05) is 6.04 Å². The molecule has 0 fully saturated rings. The van der Waals surface area contributed by atoms with E-state index in [1.165, 1.54) is 0 Å². The maximum absolute atomic E-state index is 10.5. The third-order valence-electron chi connectivity index (χ3n) is 1.12. The van der Waals surface area contributed by atoms with E-state index in [4.69, 9.17) is 5.14 Å². The smallest absolute Gasteiger partial charge is 0.216 e. The summed E-state index contributed by atoms with van der Waals surface area (Å²) in [5.74, 6) is 0.934. The van der Waals surface area contributed by atoms with E-state index in [1.54, 1.807) is 18.7 Å². The summed E-state index contributed by atoms with van der Waals surface area (Å²) in [6, 6.07) is -0.0718. The lowest BCUT2D eigenvalue weighted by atomic mass is 10.3. The molecule has 1 atom stereocenters. The number of rotatable bonds is 5. The highest BCUT2D eigenvalue weighted by molar-refractivity contribution is 7.98. The van der Waals surface area contributed by atoms with Gasteiger partial charge in [0.05, 0.1) is 0 Å². The molecule has 0 saturated carbocycles. The summed E-state index contributed by atoms with van der Waals surface area (Å²) < 4.78 is 23.2. The highest BCUT2D eigenvalue weighted by Gasteiger charge is 2.07. The Morgan fingerprint density at radius 2 is 2.18 bits per heavy atom. The van der Waals surface area contributed by atoms with E-state index >= 15 is 0 Å². The van der Waals surface area contributed by atoms with E-state index in [2.05, 4.69) is 4.72 Å². The molecule has 0 aliphatic carbocycles. The van der Waals surface area contributed by atoms with E-state index in [0.717, 1.165) is 12.2 Å². The van der Waals surface area contributed by atoms with E-state index in [9.17, 15) is 8.42 Å². The molecule has 11 heavy (non-hydrogen) atoms. The van der Waals surface area contributed by atoms with E-state index in [1.807, 2.05) is 6.26 Å². The molecule has 68 valence electrons. The third-order valence-corrected chi connectivity index (χ3v) is 2.50. The number of hydrogen-bond donors (Lipinski definition) is 2. The first-order valence-electron chi connectivity index (χ1n) is 3.24. The number of hydrogen-bond acceptors (Lipinski definition) is 3. The molecule has 0 aromatic heterocycles. The van der Waals surface area contributed by atoms with Crippen LogP contribution in [0.4, 0.5) is 0 Å². The Kier molecular flexibility index (Phi) is 5.07. The van der Waals surface area contributed by atoms with Gasteiger partial charge in [-0.3, -0.25) is 0 Å². The quantitative estimate of drug-likeness (QED) is 0.649. The summed E-state index contributed by atoms with van der Waals surface area (Å²) in [7, 11) is -3.51. The predicted octanol–water partition coefficient (Wildman–Crippen LogP) is -0.0789. The van der Waals surface area contributed by atoms with E-state index in [0.29, 0.717) is 0 Å². The molecule has 0 aromatic carbocycles. The van der Waals surface area contributed by atoms with Crippen molar-refractivity contribution in [3.63, 3.8) is 0 Å². The standard InChI is InChI=1S/C5H14N2O2S2/c1-5(3-4-10-2)7-11(6,8)9/h5,7H,3-4H2,1-2H3,(H2,6,8,9). The first kappa shape index (κ1) is 11.2. The number of thioether (sulfide) groups is 1. The molecule has 3 N–H and O–H groups in total. The van der Waals surface area contributed by atoms with Crippen molar-refractivity contribution in [3.05, 3.63) is 0 Å². The van der Waals surface area contributed by atoms with Crippen LogP contribution in [0.15, 0.2) is 0 Å². The molecular formula is C5H14N2O2S2. The summed E-state index contributed by atoms with van der Waals surface area (Å²) in [5, 5.41) is 4.76. The second-order valence-corrected chi connectivity index (χ2v) is 4.66. The average Bonchev–Trinajstić information content (AvgIpc) is 1.79. The predicted molar refractivity (Wildman–Crippen MR) is 48.7 cm³/mol. The molecule has 4 nitrogen and oxygen atoms in total. The monoisotopic (exact) mass is 198 g/mol. The van der Waals surface area contributed by atoms with Crippen molar-refractivity contribution in [3.8, 4) is 0 Å². The van der Waals surface area contributed by atoms with Crippen LogP contribution in [0.3, 0.4) is 0 Å². The first-order valence-corrected chi connectivity index (χ1v) is 6.18. The van der Waals surface area contributed by atoms with E-state index in [-0.39, 0.29) is 6.04 Å². The molecule has 0 amide bonds. The Balaban J connectivity index is 3.61. The molecule has 0 radical (unpaired) electrons. The van der Waals surface area contributed by atoms with Gasteiger partial charge >= 0.3 is 0 Å². The second-order valence-electron chi connectivity index (χ2n) is 2.35. The van der Waals surface area contributed by atoms with Crippen LogP contribution in [0, 0.1) is 0 Å². The zero-order valence-corrected chi connectivity index (χ0v) is 8.33. The first-order chi connectivity index (χ1) is 4.95. The van der Waals surface area contributed by atoms with Gasteiger partial charge in [-0.2, -0.15) is 24.9 Å². The van der Waals surface area contributed by atoms with Crippen molar-refractivity contribution in [1.29, 1.82) is 0 Å². The average molecular weight is 198 g/mol. The van der Waals surface area contributed by atoms with Gasteiger partial charge < -0.3 is 0 Å². The Morgan fingerprint density at radius 1 is 1.64 bits per heavy atom. The van der Waals surface area contributed by atoms with Crippen LogP contribution < -0.4 is 9.86 Å². The molecule has 1 unspecified atom stereocenters. The summed E-state index contributed by atoms with van der Waals surface area (Å²) in [6.07, 6.45) is 2.78. The van der Waals surface area contributed by atoms with E-state index < -0.39 is 10.2 Å². The molecule has 0 aromatic rings. The molecular weight excluding hydrogens is 184 g/mol. The van der Waals surface area contributed by atoms with Gasteiger partial charge in [0.1, 0.15) is 0 Å². The minimum Gasteiger partial charge on any atom is -0.216 e. The largest absolute Gasteiger partial charge is 0.274 e. The maximum Gasteiger partial charge on any atom is 0.274 e. The maximum atomic E-state index is 10.5. The molecule has 0 rings (SSSR count). The molecule has 0 bridgehead atoms. The molecule has 0 aliphatic rings. The fraction of sp³-hybridized carbons (Fsp3) is 1.00. The molecule has 0 spiro atoms. The molecule has 0 saturated heterocycles. The zero-order valence-electron chi connectivity index (χ0n) is 6.70. The second kappa shape index (κ2) is 4.97. The zero-order chi connectivity index (χ0) is 8.91. The van der Waals surface area contributed by atoms with Gasteiger partial charge in [-0.05, 0) is 25.4 Å². The van der Waals surface area contributed by atoms with Gasteiger partial charge in [-0.1, -0.05) is 0 Å². The van der Waals surface area contributed by atoms with Gasteiger partial charge in [0.2, 0.25) is 0 Å². The lowest BCUT2D eigenvalue weighted by molar-refractivity contribution is 0.558. The van der Waals surface area contributed by atoms with Crippen molar-refractivity contribution in [2.24, 2.45) is 5.14 Å². The number of nitrogens with two attached hydrogens (primary N) is 1.